The van der Waals surface area contributed by atoms with Gasteiger partial charge in [-0.25, -0.2) is 0 Å². The molecule has 0 atom stereocenters. The second-order valence-electron chi connectivity index (χ2n) is 3.34. The average Bonchev–Trinajstić information content (AvgIpc) is 2.04. The van der Waals surface area contributed by atoms with Crippen molar-refractivity contribution in [2.75, 3.05) is 13.1 Å². The summed E-state index contributed by atoms with van der Waals surface area (Å²) >= 11 is 4.92. The minimum absolute atomic E-state index is 0.336. The average molecular weight is 186 g/mol. The van der Waals surface area contributed by atoms with E-state index >= 15 is 0 Å². The molecule has 0 bridgehead atoms. The van der Waals surface area contributed by atoms with Gasteiger partial charge >= 0.3 is 7.05 Å². The van der Waals surface area contributed by atoms with E-state index < -0.39 is 0 Å². The van der Waals surface area contributed by atoms with E-state index in [1.165, 1.54) is 0 Å². The lowest BCUT2D eigenvalue weighted by Crippen LogP contribution is -2.44. The van der Waals surface area contributed by atoms with Crippen LogP contribution in [0.4, 0.5) is 0 Å². The number of rotatable bonds is 2. The minimum Gasteiger partial charge on any atom is -0.437 e. The normalized spacial score (nSPS) is 20.8. The van der Waals surface area contributed by atoms with Crippen molar-refractivity contribution in [3.05, 3.63) is 0 Å². The molecule has 12 heavy (non-hydrogen) atoms. The van der Waals surface area contributed by atoms with Gasteiger partial charge in [0.1, 0.15) is 0 Å². The van der Waals surface area contributed by atoms with Gasteiger partial charge in [0.25, 0.3) is 0 Å². The predicted octanol–water partition coefficient (Wildman–Crippen LogP) is 0.0948. The molecule has 1 fully saturated rings. The molecular formula is C7H15BN2OS. The van der Waals surface area contributed by atoms with Crippen LogP contribution in [0, 0.1) is 5.92 Å². The molecule has 0 saturated carbocycles. The SMILES string of the molecule is CB(O)N1CCC(C(N)=S)CC1. The molecule has 0 unspecified atom stereocenters. The smallest absolute Gasteiger partial charge is 0.376 e. The van der Waals surface area contributed by atoms with Crippen LogP contribution in [0.25, 0.3) is 0 Å². The summed E-state index contributed by atoms with van der Waals surface area (Å²) < 4.78 is 0. The number of thiocarbonyl (C=S) groups is 1. The van der Waals surface area contributed by atoms with Crippen molar-refractivity contribution in [2.24, 2.45) is 11.7 Å². The first-order chi connectivity index (χ1) is 5.61. The highest BCUT2D eigenvalue weighted by Gasteiger charge is 2.24. The summed E-state index contributed by atoms with van der Waals surface area (Å²) in [5.74, 6) is 0.384. The van der Waals surface area contributed by atoms with Crippen molar-refractivity contribution in [1.29, 1.82) is 0 Å². The van der Waals surface area contributed by atoms with E-state index in [2.05, 4.69) is 0 Å². The van der Waals surface area contributed by atoms with E-state index in [0.29, 0.717) is 10.9 Å². The third-order valence-electron chi connectivity index (χ3n) is 2.46. The summed E-state index contributed by atoms with van der Waals surface area (Å²) in [7, 11) is -0.336. The molecule has 0 amide bonds. The highest BCUT2D eigenvalue weighted by Crippen LogP contribution is 2.17. The molecular weight excluding hydrogens is 171 g/mol. The fraction of sp³-hybridized carbons (Fsp3) is 0.857. The minimum atomic E-state index is -0.336. The van der Waals surface area contributed by atoms with E-state index in [1.54, 1.807) is 6.82 Å². The predicted molar refractivity (Wildman–Crippen MR) is 54.9 cm³/mol. The first kappa shape index (κ1) is 9.96. The van der Waals surface area contributed by atoms with Crippen LogP contribution in [0.5, 0.6) is 0 Å². The fourth-order valence-electron chi connectivity index (χ4n) is 1.56. The van der Waals surface area contributed by atoms with Crippen LogP contribution >= 0.6 is 12.2 Å². The van der Waals surface area contributed by atoms with Gasteiger partial charge in [0.05, 0.1) is 4.99 Å². The van der Waals surface area contributed by atoms with Crippen molar-refractivity contribution in [2.45, 2.75) is 19.7 Å². The Morgan fingerprint density at radius 1 is 1.58 bits per heavy atom. The van der Waals surface area contributed by atoms with Gasteiger partial charge in [0, 0.05) is 5.92 Å². The maximum Gasteiger partial charge on any atom is 0.376 e. The summed E-state index contributed by atoms with van der Waals surface area (Å²) in [5.41, 5.74) is 5.54. The van der Waals surface area contributed by atoms with Gasteiger partial charge in [0.15, 0.2) is 0 Å². The molecule has 1 rings (SSSR count). The van der Waals surface area contributed by atoms with Gasteiger partial charge in [-0.1, -0.05) is 12.2 Å². The van der Waals surface area contributed by atoms with Gasteiger partial charge < -0.3 is 15.6 Å². The lowest BCUT2D eigenvalue weighted by molar-refractivity contribution is 0.287. The Labute approximate surface area is 79.1 Å². The first-order valence-corrected chi connectivity index (χ1v) is 4.73. The van der Waals surface area contributed by atoms with Crippen LogP contribution in [0.15, 0.2) is 0 Å². The first-order valence-electron chi connectivity index (χ1n) is 4.32. The fourth-order valence-corrected chi connectivity index (χ4v) is 1.79. The molecule has 1 heterocycles. The van der Waals surface area contributed by atoms with Crippen LogP contribution in [0.2, 0.25) is 6.82 Å². The van der Waals surface area contributed by atoms with E-state index in [4.69, 9.17) is 18.0 Å². The van der Waals surface area contributed by atoms with Crippen LogP contribution in [-0.4, -0.2) is 35.0 Å². The second-order valence-corrected chi connectivity index (χ2v) is 3.82. The van der Waals surface area contributed by atoms with Crippen LogP contribution in [0.3, 0.4) is 0 Å². The van der Waals surface area contributed by atoms with E-state index in [0.717, 1.165) is 25.9 Å². The van der Waals surface area contributed by atoms with E-state index in [1.807, 2.05) is 4.81 Å². The van der Waals surface area contributed by atoms with E-state index in [-0.39, 0.29) is 7.05 Å². The molecule has 0 aromatic rings. The Morgan fingerprint density at radius 3 is 2.42 bits per heavy atom. The zero-order valence-corrected chi connectivity index (χ0v) is 8.18. The lowest BCUT2D eigenvalue weighted by Gasteiger charge is -2.31. The molecule has 5 heteroatoms. The topological polar surface area (TPSA) is 49.5 Å². The van der Waals surface area contributed by atoms with Gasteiger partial charge in [-0.3, -0.25) is 0 Å². The molecule has 1 saturated heterocycles. The molecule has 0 aliphatic carbocycles. The van der Waals surface area contributed by atoms with Crippen LogP contribution < -0.4 is 5.73 Å². The molecule has 0 aromatic carbocycles. The van der Waals surface area contributed by atoms with Gasteiger partial charge in [0.2, 0.25) is 0 Å². The van der Waals surface area contributed by atoms with Crippen molar-refractivity contribution < 1.29 is 5.02 Å². The third kappa shape index (κ3) is 2.43. The highest BCUT2D eigenvalue weighted by atomic mass is 32.1. The maximum absolute atomic E-state index is 9.26. The molecule has 3 N–H and O–H groups in total. The number of hydrogen-bond acceptors (Lipinski definition) is 3. The Balaban J connectivity index is 2.34. The van der Waals surface area contributed by atoms with Gasteiger partial charge in [-0.05, 0) is 32.8 Å². The lowest BCUT2D eigenvalue weighted by atomic mass is 9.81. The Hall–Kier alpha value is -0.125. The summed E-state index contributed by atoms with van der Waals surface area (Å²) in [5, 5.41) is 9.26. The number of hydrogen-bond donors (Lipinski definition) is 2. The molecule has 1 aliphatic heterocycles. The Morgan fingerprint density at radius 2 is 2.08 bits per heavy atom. The molecule has 3 nitrogen and oxygen atoms in total. The molecule has 0 aromatic heterocycles. The summed E-state index contributed by atoms with van der Waals surface area (Å²) in [6, 6.07) is 0. The van der Waals surface area contributed by atoms with Crippen molar-refractivity contribution >= 4 is 24.3 Å². The summed E-state index contributed by atoms with van der Waals surface area (Å²) in [6.07, 6.45) is 1.97. The molecule has 0 radical (unpaired) electrons. The molecule has 68 valence electrons. The second kappa shape index (κ2) is 4.21. The monoisotopic (exact) mass is 186 g/mol. The summed E-state index contributed by atoms with van der Waals surface area (Å²) in [6.45, 7) is 3.60. The highest BCUT2D eigenvalue weighted by molar-refractivity contribution is 7.80. The Bertz CT molecular complexity index is 169. The zero-order valence-electron chi connectivity index (χ0n) is 7.36. The van der Waals surface area contributed by atoms with Crippen molar-refractivity contribution in [3.8, 4) is 0 Å². The van der Waals surface area contributed by atoms with Crippen LogP contribution in [-0.2, 0) is 0 Å². The van der Waals surface area contributed by atoms with Crippen LogP contribution in [0.1, 0.15) is 12.8 Å². The summed E-state index contributed by atoms with van der Waals surface area (Å²) in [4.78, 5) is 2.66. The Kier molecular flexibility index (Phi) is 3.49. The number of piperidine rings is 1. The largest absolute Gasteiger partial charge is 0.437 e. The zero-order chi connectivity index (χ0) is 9.14. The number of nitrogens with two attached hydrogens (primary N) is 1. The quantitative estimate of drug-likeness (QED) is 0.474. The third-order valence-corrected chi connectivity index (χ3v) is 2.79. The molecule has 0 spiro atoms. The maximum atomic E-state index is 9.26. The van der Waals surface area contributed by atoms with Gasteiger partial charge in [-0.2, -0.15) is 0 Å². The van der Waals surface area contributed by atoms with Crippen molar-refractivity contribution in [1.82, 2.24) is 4.81 Å². The standard InChI is InChI=1S/C7H15BN2OS/c1-8(11)10-4-2-6(3-5-10)7(9)12/h6,11H,2-5H2,1H3,(H2,9,12). The van der Waals surface area contributed by atoms with E-state index in [9.17, 15) is 5.02 Å². The van der Waals surface area contributed by atoms with Gasteiger partial charge in [-0.15, -0.1) is 0 Å². The molecule has 1 aliphatic rings. The van der Waals surface area contributed by atoms with Crippen molar-refractivity contribution in [3.63, 3.8) is 0 Å². The number of nitrogens with zero attached hydrogens (tertiary/aromatic N) is 1.